The summed E-state index contributed by atoms with van der Waals surface area (Å²) >= 11 is 1.37. The van der Waals surface area contributed by atoms with Gasteiger partial charge in [-0.1, -0.05) is 59.9 Å². The largest absolute Gasteiger partial charge is 0.457 e. The van der Waals surface area contributed by atoms with Crippen LogP contribution in [0.1, 0.15) is 94.2 Å². The number of nitrogens with zero attached hydrogens (tertiary/aromatic N) is 1. The molecule has 10 heteroatoms. The standard InChI is InChI=1S/C26H38NO5S.2CH4.B.U.W/c1-16-8-7-9-17(2)24(30)19(4)25(31)26(5,6)22(28)13-23(29)32-21(11-10-16)18(3)12-20-14-33-15-27-20;;;;;/h10,12,14,17,19,21-22,24,28,30H,7-9,11,13H2,1-6H3;2*1H4;;;/q-1;;;;;/b16-10-,18-12+;;;;;/t17-,19+,21-,22-,24-;;;;;/m0...../s1. The summed E-state index contributed by atoms with van der Waals surface area (Å²) in [5, 5.41) is 23.4. The zero-order valence-corrected chi connectivity index (χ0v) is 30.0. The normalized spacial score (nSPS) is 28.4. The fourth-order valence-corrected chi connectivity index (χ4v) is 4.67. The number of carbonyl (C=O) groups excluding carboxylic acids is 2. The third-order valence-corrected chi connectivity index (χ3v) is 7.37. The third-order valence-electron chi connectivity index (χ3n) is 6.81. The average Bonchev–Trinajstić information content (AvgIpc) is 3.26. The van der Waals surface area contributed by atoms with Crippen LogP contribution in [0.25, 0.3) is 6.08 Å². The quantitative estimate of drug-likeness (QED) is 0.173. The Bertz CT molecular complexity index is 879. The van der Waals surface area contributed by atoms with Gasteiger partial charge < -0.3 is 19.9 Å². The average molecular weight is 941 g/mol. The number of rotatable bonds is 2. The molecule has 0 saturated carbocycles. The van der Waals surface area contributed by atoms with E-state index in [2.05, 4.69) is 23.5 Å². The predicted octanol–water partition coefficient (Wildman–Crippen LogP) is 5.65. The predicted molar refractivity (Wildman–Crippen MR) is 150 cm³/mol. The summed E-state index contributed by atoms with van der Waals surface area (Å²) < 4.78 is 5.77. The minimum atomic E-state index is -1.22. The molecule has 0 saturated heterocycles. The molecule has 2 heterocycles. The molecule has 0 unspecified atom stereocenters. The second-order valence-corrected chi connectivity index (χ2v) is 10.6. The molecule has 2 N–H and O–H groups in total. The van der Waals surface area contributed by atoms with Crippen LogP contribution in [-0.4, -0.2) is 53.7 Å². The van der Waals surface area contributed by atoms with Gasteiger partial charge in [-0.25, -0.2) is 0 Å². The van der Waals surface area contributed by atoms with Crippen molar-refractivity contribution in [2.24, 2.45) is 17.3 Å². The molecule has 2 rings (SSSR count). The first-order chi connectivity index (χ1) is 15.4. The molecule has 1 aliphatic heterocycles. The van der Waals surface area contributed by atoms with Crippen molar-refractivity contribution in [2.75, 3.05) is 0 Å². The Labute approximate surface area is 275 Å². The second-order valence-electron chi connectivity index (χ2n) is 9.97. The topological polar surface area (TPSA) is 96.7 Å². The number of aliphatic hydroxyl groups is 2. The molecular weight excluding hydrogens is 895 g/mol. The Hall–Kier alpha value is -0.0248. The number of allylic oxidation sites excluding steroid dienone is 1. The van der Waals surface area contributed by atoms with Crippen molar-refractivity contribution in [1.29, 1.82) is 0 Å². The molecular formula is C28H46BNO5SUW-. The summed E-state index contributed by atoms with van der Waals surface area (Å²) in [5.74, 6) is -1.50. The van der Waals surface area contributed by atoms with Crippen LogP contribution in [0.3, 0.4) is 0 Å². The van der Waals surface area contributed by atoms with Crippen molar-refractivity contribution in [3.63, 3.8) is 0 Å². The van der Waals surface area contributed by atoms with E-state index < -0.39 is 35.6 Å². The maximum Gasteiger partial charge on any atom is 0.309 e. The van der Waals surface area contributed by atoms with Gasteiger partial charge in [0.05, 0.1) is 24.0 Å². The van der Waals surface area contributed by atoms with E-state index >= 15 is 0 Å². The van der Waals surface area contributed by atoms with Crippen LogP contribution in [0.4, 0.5) is 0 Å². The van der Waals surface area contributed by atoms with Crippen molar-refractivity contribution in [2.45, 2.75) is 107 Å². The summed E-state index contributed by atoms with van der Waals surface area (Å²) in [5.41, 5.74) is 4.41. The van der Waals surface area contributed by atoms with E-state index in [1.807, 2.05) is 25.3 Å². The Morgan fingerprint density at radius 1 is 1.24 bits per heavy atom. The monoisotopic (exact) mass is 941 g/mol. The van der Waals surface area contributed by atoms with Gasteiger partial charge in [0.25, 0.3) is 0 Å². The van der Waals surface area contributed by atoms with E-state index in [0.717, 1.165) is 30.5 Å². The number of thiazole rings is 1. The van der Waals surface area contributed by atoms with Gasteiger partial charge in [0.15, 0.2) is 0 Å². The van der Waals surface area contributed by atoms with Gasteiger partial charge in [0.2, 0.25) is 0 Å². The van der Waals surface area contributed by atoms with Gasteiger partial charge in [0, 0.05) is 72.9 Å². The molecule has 1 aliphatic rings. The van der Waals surface area contributed by atoms with Crippen molar-refractivity contribution in [3.8, 4) is 0 Å². The maximum atomic E-state index is 13.1. The van der Waals surface area contributed by atoms with Crippen LogP contribution in [-0.2, 0) is 35.4 Å². The molecule has 3 radical (unpaired) electrons. The molecule has 0 amide bonds. The van der Waals surface area contributed by atoms with Crippen LogP contribution in [0.15, 0.2) is 22.6 Å². The smallest absolute Gasteiger partial charge is 0.309 e. The Kier molecular flexibility index (Phi) is 24.6. The molecule has 1 aromatic rings. The van der Waals surface area contributed by atoms with E-state index in [1.165, 1.54) is 16.9 Å². The first-order valence-corrected chi connectivity index (χ1v) is 12.6. The van der Waals surface area contributed by atoms with E-state index in [1.54, 1.807) is 20.8 Å². The van der Waals surface area contributed by atoms with Crippen molar-refractivity contribution < 1.29 is 76.7 Å². The van der Waals surface area contributed by atoms with Crippen LogP contribution in [0.2, 0.25) is 0 Å². The molecule has 1 aromatic heterocycles. The number of aliphatic hydroxyl groups excluding tert-OH is 2. The molecule has 0 spiro atoms. The third kappa shape index (κ3) is 13.1. The molecule has 0 aromatic carbocycles. The Morgan fingerprint density at radius 2 is 1.84 bits per heavy atom. The first kappa shape index (κ1) is 45.0. The number of cyclic esters (lactones) is 1. The minimum Gasteiger partial charge on any atom is -0.457 e. The SMILES string of the molecule is C.C.C/C1=C/C[C@@H](/C(C)=C/c2cs[c-]n2)OC(=O)C[C@H](O)C(C)(C)C(=O)[C@H](C)[C@@H](O)[C@@H](C)CCC1.[B].[U].[W]. The fraction of sp³-hybridized carbons (Fsp3) is 0.679. The number of ketones is 1. The van der Waals surface area contributed by atoms with Gasteiger partial charge in [-0.2, -0.15) is 0 Å². The molecule has 0 aliphatic carbocycles. The summed E-state index contributed by atoms with van der Waals surface area (Å²) in [4.78, 5) is 30.1. The molecule has 0 bridgehead atoms. The summed E-state index contributed by atoms with van der Waals surface area (Å²) in [6.07, 6.45) is 4.23. The zero-order chi connectivity index (χ0) is 24.8. The fourth-order valence-electron chi connectivity index (χ4n) is 4.21. The number of hydrogen-bond donors (Lipinski definition) is 2. The molecule has 5 atom stereocenters. The number of aromatic nitrogens is 1. The molecule has 0 fully saturated rings. The maximum absolute atomic E-state index is 13.1. The van der Waals surface area contributed by atoms with Gasteiger partial charge in [-0.3, -0.25) is 20.9 Å². The minimum absolute atomic E-state index is 0. The summed E-state index contributed by atoms with van der Waals surface area (Å²) in [6.45, 7) is 10.8. The summed E-state index contributed by atoms with van der Waals surface area (Å²) in [7, 11) is 0. The van der Waals surface area contributed by atoms with E-state index in [4.69, 9.17) is 4.74 Å². The number of Topliss-reactive ketones (excluding diaryl/α,β-unsaturated/α-hetero) is 1. The van der Waals surface area contributed by atoms with Crippen molar-refractivity contribution >= 4 is 37.6 Å². The van der Waals surface area contributed by atoms with Gasteiger partial charge in [0.1, 0.15) is 11.9 Å². The second kappa shape index (κ2) is 20.8. The van der Waals surface area contributed by atoms with Crippen molar-refractivity contribution in [1.82, 2.24) is 4.98 Å². The van der Waals surface area contributed by atoms with Crippen molar-refractivity contribution in [3.05, 3.63) is 33.8 Å². The molecule has 6 nitrogen and oxygen atoms in total. The Morgan fingerprint density at radius 3 is 2.39 bits per heavy atom. The molecule has 38 heavy (non-hydrogen) atoms. The van der Waals surface area contributed by atoms with E-state index in [0.29, 0.717) is 6.42 Å². The van der Waals surface area contributed by atoms with Gasteiger partial charge in [-0.05, 0) is 50.1 Å². The number of carbonyl (C=O) groups is 2. The van der Waals surface area contributed by atoms with Crippen LogP contribution < -0.4 is 0 Å². The van der Waals surface area contributed by atoms with E-state index in [-0.39, 0.29) is 93.6 Å². The Balaban J connectivity index is -0.00000116. The van der Waals surface area contributed by atoms with Crippen LogP contribution >= 0.6 is 11.3 Å². The summed E-state index contributed by atoms with van der Waals surface area (Å²) in [6, 6.07) is 0. The van der Waals surface area contributed by atoms with Gasteiger partial charge >= 0.3 is 5.97 Å². The first-order valence-electron chi connectivity index (χ1n) is 11.7. The van der Waals surface area contributed by atoms with E-state index in [9.17, 15) is 19.8 Å². The number of ether oxygens (including phenoxy) is 1. The van der Waals surface area contributed by atoms with Crippen LogP contribution in [0.5, 0.6) is 0 Å². The molecule has 213 valence electrons. The zero-order valence-electron chi connectivity index (χ0n) is 22.1. The number of esters is 1. The van der Waals surface area contributed by atoms with Gasteiger partial charge in [-0.15, -0.1) is 11.5 Å². The van der Waals surface area contributed by atoms with Crippen LogP contribution in [0, 0.1) is 53.9 Å². The number of hydrogen-bond acceptors (Lipinski definition) is 7.